The highest BCUT2D eigenvalue weighted by Gasteiger charge is 2.17. The average Bonchev–Trinajstić information content (AvgIpc) is 2.60. The van der Waals surface area contributed by atoms with E-state index in [-0.39, 0.29) is 5.91 Å². The molecule has 1 amide bonds. The van der Waals surface area contributed by atoms with Gasteiger partial charge in [-0.1, -0.05) is 31.9 Å². The van der Waals surface area contributed by atoms with Crippen molar-refractivity contribution in [2.75, 3.05) is 23.3 Å². The molecule has 0 radical (unpaired) electrons. The van der Waals surface area contributed by atoms with Crippen molar-refractivity contribution in [2.24, 2.45) is 0 Å². The number of unbranched alkanes of at least 4 members (excludes halogenated alkanes) is 2. The van der Waals surface area contributed by atoms with Crippen molar-refractivity contribution >= 4 is 17.3 Å². The molecular formula is C20H27N3O. The number of nitrogens with zero attached hydrogens (tertiary/aromatic N) is 2. The Labute approximate surface area is 144 Å². The number of aromatic nitrogens is 1. The van der Waals surface area contributed by atoms with Crippen LogP contribution in [0.3, 0.4) is 0 Å². The zero-order chi connectivity index (χ0) is 17.4. The molecule has 1 N–H and O–H groups in total. The number of benzene rings is 1. The lowest BCUT2D eigenvalue weighted by Gasteiger charge is -2.21. The Morgan fingerprint density at radius 1 is 1.17 bits per heavy atom. The summed E-state index contributed by atoms with van der Waals surface area (Å²) in [6.07, 6.45) is 5.32. The first kappa shape index (κ1) is 18.0. The molecule has 0 bridgehead atoms. The summed E-state index contributed by atoms with van der Waals surface area (Å²) in [6.45, 7) is 7.74. The van der Waals surface area contributed by atoms with Crippen molar-refractivity contribution in [1.82, 2.24) is 4.98 Å². The van der Waals surface area contributed by atoms with Gasteiger partial charge in [-0.05, 0) is 50.1 Å². The summed E-state index contributed by atoms with van der Waals surface area (Å²) < 4.78 is 0. The molecule has 0 saturated heterocycles. The lowest BCUT2D eigenvalue weighted by atomic mass is 10.2. The van der Waals surface area contributed by atoms with E-state index in [1.807, 2.05) is 44.2 Å². The Bertz CT molecular complexity index is 652. The summed E-state index contributed by atoms with van der Waals surface area (Å²) in [4.78, 5) is 18.8. The number of nitrogens with one attached hydrogen (secondary N) is 1. The molecule has 0 aliphatic heterocycles. The Balaban J connectivity index is 2.05. The fourth-order valence-electron chi connectivity index (χ4n) is 2.61. The van der Waals surface area contributed by atoms with Crippen molar-refractivity contribution in [3.63, 3.8) is 0 Å². The second-order valence-corrected chi connectivity index (χ2v) is 5.95. The molecule has 1 aromatic carbocycles. The molecule has 1 heterocycles. The number of aryl methyl sites for hydroxylation is 1. The van der Waals surface area contributed by atoms with Gasteiger partial charge in [-0.3, -0.25) is 4.79 Å². The van der Waals surface area contributed by atoms with E-state index in [1.165, 1.54) is 12.8 Å². The van der Waals surface area contributed by atoms with Gasteiger partial charge in [-0.15, -0.1) is 0 Å². The molecule has 2 aromatic rings. The minimum Gasteiger partial charge on any atom is -0.384 e. The van der Waals surface area contributed by atoms with Gasteiger partial charge in [-0.25, -0.2) is 4.98 Å². The van der Waals surface area contributed by atoms with Gasteiger partial charge in [0.2, 0.25) is 0 Å². The summed E-state index contributed by atoms with van der Waals surface area (Å²) in [5, 5.41) is 3.34. The minimum atomic E-state index is -0.0689. The summed E-state index contributed by atoms with van der Waals surface area (Å²) in [6, 6.07) is 11.7. The highest BCUT2D eigenvalue weighted by atomic mass is 16.2. The van der Waals surface area contributed by atoms with Gasteiger partial charge >= 0.3 is 0 Å². The predicted octanol–water partition coefficient (Wildman–Crippen LogP) is 4.66. The molecule has 128 valence electrons. The predicted molar refractivity (Wildman–Crippen MR) is 101 cm³/mol. The Morgan fingerprint density at radius 3 is 2.62 bits per heavy atom. The van der Waals surface area contributed by atoms with Gasteiger partial charge in [0.05, 0.1) is 11.9 Å². The highest BCUT2D eigenvalue weighted by molar-refractivity contribution is 6.04. The number of hydrogen-bond donors (Lipinski definition) is 1. The SMILES string of the molecule is CCCCCNc1ccc(C(=O)N(CC)c2cccc(C)c2)nc1. The van der Waals surface area contributed by atoms with Crippen LogP contribution in [0.2, 0.25) is 0 Å². The van der Waals surface area contributed by atoms with Crippen LogP contribution in [-0.4, -0.2) is 24.0 Å². The first-order chi connectivity index (χ1) is 11.7. The monoisotopic (exact) mass is 325 g/mol. The zero-order valence-electron chi connectivity index (χ0n) is 14.9. The van der Waals surface area contributed by atoms with Crippen LogP contribution in [0.4, 0.5) is 11.4 Å². The Kier molecular flexibility index (Phi) is 6.79. The molecule has 0 aliphatic carbocycles. The number of carbonyl (C=O) groups is 1. The quantitative estimate of drug-likeness (QED) is 0.718. The van der Waals surface area contributed by atoms with Crippen molar-refractivity contribution in [3.8, 4) is 0 Å². The number of rotatable bonds is 8. The van der Waals surface area contributed by atoms with Crippen LogP contribution in [-0.2, 0) is 0 Å². The molecule has 0 atom stereocenters. The third kappa shape index (κ3) is 4.82. The fourth-order valence-corrected chi connectivity index (χ4v) is 2.61. The molecule has 24 heavy (non-hydrogen) atoms. The molecule has 0 unspecified atom stereocenters. The smallest absolute Gasteiger partial charge is 0.276 e. The Morgan fingerprint density at radius 2 is 2.00 bits per heavy atom. The molecule has 1 aromatic heterocycles. The maximum atomic E-state index is 12.7. The normalized spacial score (nSPS) is 10.5. The van der Waals surface area contributed by atoms with Gasteiger partial charge in [-0.2, -0.15) is 0 Å². The Hall–Kier alpha value is -2.36. The van der Waals surface area contributed by atoms with E-state index in [4.69, 9.17) is 0 Å². The first-order valence-electron chi connectivity index (χ1n) is 8.74. The van der Waals surface area contributed by atoms with E-state index in [9.17, 15) is 4.79 Å². The van der Waals surface area contributed by atoms with Crippen molar-refractivity contribution in [1.29, 1.82) is 0 Å². The second kappa shape index (κ2) is 9.06. The largest absolute Gasteiger partial charge is 0.384 e. The standard InChI is InChI=1S/C20H27N3O/c1-4-6-7-13-21-17-11-12-19(22-15-17)20(24)23(5-2)18-10-8-9-16(3)14-18/h8-12,14-15,21H,4-7,13H2,1-3H3. The van der Waals surface area contributed by atoms with E-state index >= 15 is 0 Å². The van der Waals surface area contributed by atoms with E-state index in [0.29, 0.717) is 12.2 Å². The summed E-state index contributed by atoms with van der Waals surface area (Å²) >= 11 is 0. The maximum Gasteiger partial charge on any atom is 0.276 e. The highest BCUT2D eigenvalue weighted by Crippen LogP contribution is 2.18. The topological polar surface area (TPSA) is 45.2 Å². The molecule has 0 spiro atoms. The van der Waals surface area contributed by atoms with Crippen LogP contribution in [0, 0.1) is 6.92 Å². The number of amides is 1. The van der Waals surface area contributed by atoms with Gasteiger partial charge in [0.15, 0.2) is 0 Å². The average molecular weight is 325 g/mol. The second-order valence-electron chi connectivity index (χ2n) is 5.95. The molecule has 0 aliphatic rings. The summed E-state index contributed by atoms with van der Waals surface area (Å²) in [5.74, 6) is -0.0689. The first-order valence-corrected chi connectivity index (χ1v) is 8.74. The fraction of sp³-hybridized carbons (Fsp3) is 0.400. The van der Waals surface area contributed by atoms with E-state index in [0.717, 1.165) is 29.9 Å². The van der Waals surface area contributed by atoms with Crippen LogP contribution >= 0.6 is 0 Å². The van der Waals surface area contributed by atoms with Crippen molar-refractivity contribution < 1.29 is 4.79 Å². The maximum absolute atomic E-state index is 12.7. The van der Waals surface area contributed by atoms with E-state index in [2.05, 4.69) is 17.2 Å². The lowest BCUT2D eigenvalue weighted by molar-refractivity contribution is 0.0983. The molecular weight excluding hydrogens is 298 g/mol. The molecule has 4 nitrogen and oxygen atoms in total. The lowest BCUT2D eigenvalue weighted by Crippen LogP contribution is -2.31. The van der Waals surface area contributed by atoms with Crippen LogP contribution < -0.4 is 10.2 Å². The van der Waals surface area contributed by atoms with Crippen LogP contribution in [0.15, 0.2) is 42.6 Å². The van der Waals surface area contributed by atoms with Gasteiger partial charge < -0.3 is 10.2 Å². The number of anilines is 2. The molecule has 0 saturated carbocycles. The molecule has 0 fully saturated rings. The van der Waals surface area contributed by atoms with E-state index < -0.39 is 0 Å². The number of carbonyl (C=O) groups excluding carboxylic acids is 1. The van der Waals surface area contributed by atoms with Crippen LogP contribution in [0.5, 0.6) is 0 Å². The van der Waals surface area contributed by atoms with Crippen LogP contribution in [0.1, 0.15) is 49.2 Å². The van der Waals surface area contributed by atoms with E-state index in [1.54, 1.807) is 17.2 Å². The van der Waals surface area contributed by atoms with Gasteiger partial charge in [0, 0.05) is 18.8 Å². The van der Waals surface area contributed by atoms with Crippen molar-refractivity contribution in [3.05, 3.63) is 53.9 Å². The van der Waals surface area contributed by atoms with Gasteiger partial charge in [0.1, 0.15) is 5.69 Å². The van der Waals surface area contributed by atoms with Crippen molar-refractivity contribution in [2.45, 2.75) is 40.0 Å². The third-order valence-corrected chi connectivity index (χ3v) is 3.97. The molecule has 2 rings (SSSR count). The van der Waals surface area contributed by atoms with Crippen LogP contribution in [0.25, 0.3) is 0 Å². The summed E-state index contributed by atoms with van der Waals surface area (Å²) in [7, 11) is 0. The number of hydrogen-bond acceptors (Lipinski definition) is 3. The minimum absolute atomic E-state index is 0.0689. The summed E-state index contributed by atoms with van der Waals surface area (Å²) in [5.41, 5.74) is 3.48. The zero-order valence-corrected chi connectivity index (χ0v) is 14.9. The van der Waals surface area contributed by atoms with Gasteiger partial charge in [0.25, 0.3) is 5.91 Å². The molecule has 4 heteroatoms. The number of pyridine rings is 1. The third-order valence-electron chi connectivity index (χ3n) is 3.97.